The van der Waals surface area contributed by atoms with Gasteiger partial charge in [0.2, 0.25) is 0 Å². The lowest BCUT2D eigenvalue weighted by molar-refractivity contribution is -0.136. The second kappa shape index (κ2) is 6.89. The van der Waals surface area contributed by atoms with Crippen LogP contribution in [-0.2, 0) is 14.3 Å². The Hall–Kier alpha value is -1.88. The first kappa shape index (κ1) is 15.2. The largest absolute Gasteiger partial charge is 0.481 e. The van der Waals surface area contributed by atoms with Crippen molar-refractivity contribution in [3.8, 4) is 0 Å². The van der Waals surface area contributed by atoms with Gasteiger partial charge in [0.1, 0.15) is 6.61 Å². The number of hydrogen-bond acceptors (Lipinski definition) is 3. The quantitative estimate of drug-likeness (QED) is 0.851. The molecule has 0 atom stereocenters. The highest BCUT2D eigenvalue weighted by Crippen LogP contribution is 2.25. The first-order chi connectivity index (χ1) is 8.97. The number of carboxylic acid groups (broad SMARTS) is 1. The Bertz CT molecular complexity index is 450. The van der Waals surface area contributed by atoms with Crippen molar-refractivity contribution in [1.82, 2.24) is 0 Å². The smallest absolute Gasteiger partial charge is 0.305 e. The first-order valence-electron chi connectivity index (χ1n) is 6.04. The van der Waals surface area contributed by atoms with Gasteiger partial charge in [-0.05, 0) is 25.0 Å². The minimum atomic E-state index is -0.929. The van der Waals surface area contributed by atoms with Crippen molar-refractivity contribution in [3.05, 3.63) is 29.3 Å². The standard InChI is InChI=1S/C14H19NO4/c1-10-5-4-6-11(2)14(10)15(8-7-13(17)18)12(16)9-19-3/h4-6H,7-9H2,1-3H3,(H,17,18). The van der Waals surface area contributed by atoms with Gasteiger partial charge >= 0.3 is 5.97 Å². The van der Waals surface area contributed by atoms with Gasteiger partial charge < -0.3 is 14.7 Å². The van der Waals surface area contributed by atoms with Crippen LogP contribution >= 0.6 is 0 Å². The zero-order valence-corrected chi connectivity index (χ0v) is 11.5. The number of methoxy groups -OCH3 is 1. The summed E-state index contributed by atoms with van der Waals surface area (Å²) < 4.78 is 4.85. The third kappa shape index (κ3) is 4.06. The Balaban J connectivity index is 3.07. The molecule has 1 rings (SSSR count). The average Bonchev–Trinajstić information content (AvgIpc) is 2.32. The normalized spacial score (nSPS) is 10.3. The van der Waals surface area contributed by atoms with Crippen molar-refractivity contribution < 1.29 is 19.4 Å². The van der Waals surface area contributed by atoms with Crippen LogP contribution in [0.1, 0.15) is 17.5 Å². The minimum Gasteiger partial charge on any atom is -0.481 e. The Kier molecular flexibility index (Phi) is 5.51. The van der Waals surface area contributed by atoms with E-state index in [0.717, 1.165) is 16.8 Å². The van der Waals surface area contributed by atoms with Crippen LogP contribution in [-0.4, -0.2) is 37.2 Å². The molecule has 5 nitrogen and oxygen atoms in total. The maximum absolute atomic E-state index is 12.1. The molecule has 0 aliphatic heterocycles. The van der Waals surface area contributed by atoms with Crippen molar-refractivity contribution in [2.45, 2.75) is 20.3 Å². The van der Waals surface area contributed by atoms with Crippen LogP contribution in [0.3, 0.4) is 0 Å². The van der Waals surface area contributed by atoms with Crippen LogP contribution in [0.2, 0.25) is 0 Å². The average molecular weight is 265 g/mol. The van der Waals surface area contributed by atoms with Crippen LogP contribution in [0.5, 0.6) is 0 Å². The first-order valence-corrected chi connectivity index (χ1v) is 6.04. The molecule has 1 aromatic rings. The number of nitrogens with zero attached hydrogens (tertiary/aromatic N) is 1. The summed E-state index contributed by atoms with van der Waals surface area (Å²) in [6.07, 6.45) is -0.0940. The van der Waals surface area contributed by atoms with E-state index in [4.69, 9.17) is 9.84 Å². The predicted octanol–water partition coefficient (Wildman–Crippen LogP) is 1.76. The van der Waals surface area contributed by atoms with Gasteiger partial charge in [-0.1, -0.05) is 18.2 Å². The van der Waals surface area contributed by atoms with Crippen LogP contribution in [0.25, 0.3) is 0 Å². The highest BCUT2D eigenvalue weighted by Gasteiger charge is 2.19. The molecule has 5 heteroatoms. The maximum Gasteiger partial charge on any atom is 0.305 e. The fourth-order valence-corrected chi connectivity index (χ4v) is 2.00. The SMILES string of the molecule is COCC(=O)N(CCC(=O)O)c1c(C)cccc1C. The molecule has 0 bridgehead atoms. The van der Waals surface area contributed by atoms with Crippen molar-refractivity contribution in [2.24, 2.45) is 0 Å². The summed E-state index contributed by atoms with van der Waals surface area (Å²) in [4.78, 5) is 24.3. The summed E-state index contributed by atoms with van der Waals surface area (Å²) in [6, 6.07) is 5.71. The fourth-order valence-electron chi connectivity index (χ4n) is 2.00. The highest BCUT2D eigenvalue weighted by atomic mass is 16.5. The molecular formula is C14H19NO4. The highest BCUT2D eigenvalue weighted by molar-refractivity contribution is 5.96. The topological polar surface area (TPSA) is 66.8 Å². The van der Waals surface area contributed by atoms with Crippen LogP contribution < -0.4 is 4.90 Å². The molecule has 19 heavy (non-hydrogen) atoms. The molecule has 0 aliphatic rings. The van der Waals surface area contributed by atoms with Crippen molar-refractivity contribution in [1.29, 1.82) is 0 Å². The molecule has 0 radical (unpaired) electrons. The second-order valence-corrected chi connectivity index (χ2v) is 4.36. The number of aryl methyl sites for hydroxylation is 2. The number of amides is 1. The summed E-state index contributed by atoms with van der Waals surface area (Å²) in [7, 11) is 1.44. The Morgan fingerprint density at radius 3 is 2.32 bits per heavy atom. The third-order valence-electron chi connectivity index (χ3n) is 2.83. The van der Waals surface area contributed by atoms with Crippen molar-refractivity contribution in [2.75, 3.05) is 25.2 Å². The van der Waals surface area contributed by atoms with E-state index in [0.29, 0.717) is 0 Å². The number of ether oxygens (including phenoxy) is 1. The molecule has 104 valence electrons. The van der Waals surface area contributed by atoms with Gasteiger partial charge in [0, 0.05) is 19.3 Å². The number of para-hydroxylation sites is 1. The lowest BCUT2D eigenvalue weighted by Crippen LogP contribution is -2.36. The summed E-state index contributed by atoms with van der Waals surface area (Å²) in [5, 5.41) is 8.79. The molecule has 0 fully saturated rings. The van der Waals surface area contributed by atoms with Gasteiger partial charge in [-0.2, -0.15) is 0 Å². The van der Waals surface area contributed by atoms with E-state index in [-0.39, 0.29) is 25.5 Å². The summed E-state index contributed by atoms with van der Waals surface area (Å²) in [5.41, 5.74) is 2.65. The zero-order valence-electron chi connectivity index (χ0n) is 11.5. The molecular weight excluding hydrogens is 246 g/mol. The van der Waals surface area contributed by atoms with E-state index in [2.05, 4.69) is 0 Å². The minimum absolute atomic E-state index is 0.0621. The number of aliphatic carboxylic acids is 1. The summed E-state index contributed by atoms with van der Waals surface area (Å²) >= 11 is 0. The van der Waals surface area contributed by atoms with Gasteiger partial charge in [0.05, 0.1) is 6.42 Å². The molecule has 1 amide bonds. The molecule has 0 aliphatic carbocycles. The molecule has 0 saturated heterocycles. The molecule has 0 saturated carbocycles. The number of anilines is 1. The monoisotopic (exact) mass is 265 g/mol. The van der Waals surface area contributed by atoms with Gasteiger partial charge in [-0.25, -0.2) is 0 Å². The number of rotatable bonds is 6. The van der Waals surface area contributed by atoms with E-state index in [9.17, 15) is 9.59 Å². The zero-order chi connectivity index (χ0) is 14.4. The lowest BCUT2D eigenvalue weighted by Gasteiger charge is -2.25. The molecule has 0 heterocycles. The predicted molar refractivity (Wildman–Crippen MR) is 72.4 cm³/mol. The molecule has 1 aromatic carbocycles. The Labute approximate surface area is 112 Å². The number of hydrogen-bond donors (Lipinski definition) is 1. The molecule has 1 N–H and O–H groups in total. The van der Waals surface area contributed by atoms with Crippen LogP contribution in [0.4, 0.5) is 5.69 Å². The number of carboxylic acids is 1. The van der Waals surface area contributed by atoms with Gasteiger partial charge in [-0.15, -0.1) is 0 Å². The van der Waals surface area contributed by atoms with E-state index >= 15 is 0 Å². The third-order valence-corrected chi connectivity index (χ3v) is 2.83. The number of carbonyl (C=O) groups is 2. The number of benzene rings is 1. The van der Waals surface area contributed by atoms with E-state index < -0.39 is 5.97 Å². The summed E-state index contributed by atoms with van der Waals surface area (Å²) in [5.74, 6) is -1.16. The fraction of sp³-hybridized carbons (Fsp3) is 0.429. The van der Waals surface area contributed by atoms with Crippen molar-refractivity contribution >= 4 is 17.6 Å². The van der Waals surface area contributed by atoms with Crippen LogP contribution in [0.15, 0.2) is 18.2 Å². The van der Waals surface area contributed by atoms with Crippen LogP contribution in [0, 0.1) is 13.8 Å². The Morgan fingerprint density at radius 2 is 1.84 bits per heavy atom. The molecule has 0 spiro atoms. The van der Waals surface area contributed by atoms with Crippen molar-refractivity contribution in [3.63, 3.8) is 0 Å². The molecule has 0 unspecified atom stereocenters. The Morgan fingerprint density at radius 1 is 1.26 bits per heavy atom. The van der Waals surface area contributed by atoms with Gasteiger partial charge in [0.15, 0.2) is 0 Å². The van der Waals surface area contributed by atoms with E-state index in [1.165, 1.54) is 12.0 Å². The molecule has 0 aromatic heterocycles. The van der Waals surface area contributed by atoms with E-state index in [1.807, 2.05) is 32.0 Å². The second-order valence-electron chi connectivity index (χ2n) is 4.36. The van der Waals surface area contributed by atoms with Gasteiger partial charge in [0.25, 0.3) is 5.91 Å². The maximum atomic E-state index is 12.1. The van der Waals surface area contributed by atoms with E-state index in [1.54, 1.807) is 0 Å². The van der Waals surface area contributed by atoms with Gasteiger partial charge in [-0.3, -0.25) is 9.59 Å². The lowest BCUT2D eigenvalue weighted by atomic mass is 10.1. The summed E-state index contributed by atoms with van der Waals surface area (Å²) in [6.45, 7) is 3.88. The number of carbonyl (C=O) groups excluding carboxylic acids is 1.